The van der Waals surface area contributed by atoms with Gasteiger partial charge in [-0.1, -0.05) is 11.6 Å². The quantitative estimate of drug-likeness (QED) is 0.433. The molecule has 0 nitrogen and oxygen atoms in total. The molecule has 0 aromatic carbocycles. The summed E-state index contributed by atoms with van der Waals surface area (Å²) in [5.74, 6) is 2.22. The number of fused-ring (bicyclic) bond motifs is 1. The molecule has 2 saturated carbocycles. The molecule has 0 amide bonds. The van der Waals surface area contributed by atoms with Crippen LogP contribution in [0.2, 0.25) is 0 Å². The van der Waals surface area contributed by atoms with Crippen LogP contribution in [0.1, 0.15) is 32.6 Å². The first-order chi connectivity index (χ1) is 4.40. The summed E-state index contributed by atoms with van der Waals surface area (Å²) < 4.78 is 0. The lowest BCUT2D eigenvalue weighted by Gasteiger charge is -2.28. The van der Waals surface area contributed by atoms with Crippen molar-refractivity contribution in [3.63, 3.8) is 0 Å². The van der Waals surface area contributed by atoms with Crippen molar-refractivity contribution in [2.75, 3.05) is 0 Å². The van der Waals surface area contributed by atoms with Crippen molar-refractivity contribution in [2.24, 2.45) is 11.8 Å². The number of rotatable bonds is 0. The number of hydrogen-bond acceptors (Lipinski definition) is 0. The third kappa shape index (κ3) is 0.726. The maximum Gasteiger partial charge on any atom is -0.0289 e. The Bertz CT molecular complexity index is 130. The van der Waals surface area contributed by atoms with Gasteiger partial charge in [0.15, 0.2) is 0 Å². The molecule has 0 spiro atoms. The third-order valence-electron chi connectivity index (χ3n) is 3.03. The van der Waals surface area contributed by atoms with E-state index in [1.54, 1.807) is 5.57 Å². The monoisotopic (exact) mass is 122 g/mol. The van der Waals surface area contributed by atoms with Gasteiger partial charge in [-0.15, -0.1) is 0 Å². The fourth-order valence-corrected chi connectivity index (χ4v) is 2.17. The molecular formula is C9H14. The van der Waals surface area contributed by atoms with Crippen molar-refractivity contribution >= 4 is 0 Å². The average Bonchev–Trinajstić information content (AvgIpc) is 2.10. The van der Waals surface area contributed by atoms with Crippen LogP contribution in [0.3, 0.4) is 0 Å². The summed E-state index contributed by atoms with van der Waals surface area (Å²) >= 11 is 0. The molecule has 0 N–H and O–H groups in total. The van der Waals surface area contributed by atoms with E-state index in [9.17, 15) is 0 Å². The molecule has 0 aliphatic heterocycles. The van der Waals surface area contributed by atoms with E-state index in [2.05, 4.69) is 13.0 Å². The SMILES string of the molecule is CC=C1C[C@@H]2CC[C@H]2C1. The molecule has 2 aliphatic carbocycles. The molecule has 0 heterocycles. The molecule has 2 aliphatic rings. The van der Waals surface area contributed by atoms with Gasteiger partial charge in [-0.05, 0) is 44.4 Å². The van der Waals surface area contributed by atoms with E-state index >= 15 is 0 Å². The van der Waals surface area contributed by atoms with Gasteiger partial charge in [0, 0.05) is 0 Å². The fraction of sp³-hybridized carbons (Fsp3) is 0.778. The summed E-state index contributed by atoms with van der Waals surface area (Å²) in [6.07, 6.45) is 8.21. The molecule has 0 aromatic heterocycles. The van der Waals surface area contributed by atoms with Crippen molar-refractivity contribution in [3.05, 3.63) is 11.6 Å². The highest BCUT2D eigenvalue weighted by molar-refractivity contribution is 5.12. The predicted octanol–water partition coefficient (Wildman–Crippen LogP) is 2.75. The lowest BCUT2D eigenvalue weighted by atomic mass is 9.77. The van der Waals surface area contributed by atoms with E-state index in [0.29, 0.717) is 0 Å². The van der Waals surface area contributed by atoms with Crippen LogP contribution in [-0.4, -0.2) is 0 Å². The Morgan fingerprint density at radius 2 is 1.78 bits per heavy atom. The Hall–Kier alpha value is -0.260. The van der Waals surface area contributed by atoms with Crippen molar-refractivity contribution in [2.45, 2.75) is 32.6 Å². The highest BCUT2D eigenvalue weighted by atomic mass is 14.4. The van der Waals surface area contributed by atoms with Crippen LogP contribution in [-0.2, 0) is 0 Å². The van der Waals surface area contributed by atoms with Gasteiger partial charge >= 0.3 is 0 Å². The Morgan fingerprint density at radius 1 is 1.22 bits per heavy atom. The van der Waals surface area contributed by atoms with Gasteiger partial charge in [0.1, 0.15) is 0 Å². The van der Waals surface area contributed by atoms with Crippen molar-refractivity contribution in [3.8, 4) is 0 Å². The van der Waals surface area contributed by atoms with Gasteiger partial charge in [0.25, 0.3) is 0 Å². The molecule has 9 heavy (non-hydrogen) atoms. The van der Waals surface area contributed by atoms with Crippen molar-refractivity contribution in [1.29, 1.82) is 0 Å². The summed E-state index contributed by atoms with van der Waals surface area (Å²) in [5, 5.41) is 0. The van der Waals surface area contributed by atoms with Crippen LogP contribution >= 0.6 is 0 Å². The zero-order valence-electron chi connectivity index (χ0n) is 6.06. The maximum atomic E-state index is 2.32. The van der Waals surface area contributed by atoms with Crippen LogP contribution in [0.5, 0.6) is 0 Å². The van der Waals surface area contributed by atoms with E-state index in [0.717, 1.165) is 11.8 Å². The highest BCUT2D eigenvalue weighted by Gasteiger charge is 2.36. The second-order valence-corrected chi connectivity index (χ2v) is 3.45. The molecule has 2 rings (SSSR count). The molecule has 0 saturated heterocycles. The number of allylic oxidation sites excluding steroid dienone is 2. The Balaban J connectivity index is 2.07. The lowest BCUT2D eigenvalue weighted by molar-refractivity contribution is 0.219. The molecule has 2 fully saturated rings. The lowest BCUT2D eigenvalue weighted by Crippen LogP contribution is -2.18. The van der Waals surface area contributed by atoms with Gasteiger partial charge in [-0.3, -0.25) is 0 Å². The van der Waals surface area contributed by atoms with E-state index in [1.807, 2.05) is 0 Å². The first-order valence-electron chi connectivity index (χ1n) is 4.04. The smallest absolute Gasteiger partial charge is 0.0289 e. The minimum atomic E-state index is 1.11. The van der Waals surface area contributed by atoms with Crippen LogP contribution in [0.25, 0.3) is 0 Å². The summed E-state index contributed by atoms with van der Waals surface area (Å²) in [6.45, 7) is 2.18. The van der Waals surface area contributed by atoms with Gasteiger partial charge in [0.2, 0.25) is 0 Å². The molecule has 0 unspecified atom stereocenters. The van der Waals surface area contributed by atoms with Crippen LogP contribution in [0, 0.1) is 11.8 Å². The van der Waals surface area contributed by atoms with E-state index < -0.39 is 0 Å². The van der Waals surface area contributed by atoms with Crippen LogP contribution in [0.4, 0.5) is 0 Å². The van der Waals surface area contributed by atoms with Gasteiger partial charge in [-0.2, -0.15) is 0 Å². The minimum Gasteiger partial charge on any atom is -0.0884 e. The van der Waals surface area contributed by atoms with E-state index in [-0.39, 0.29) is 0 Å². The van der Waals surface area contributed by atoms with Crippen LogP contribution < -0.4 is 0 Å². The van der Waals surface area contributed by atoms with Crippen molar-refractivity contribution < 1.29 is 0 Å². The second kappa shape index (κ2) is 1.86. The Labute approximate surface area is 57.0 Å². The van der Waals surface area contributed by atoms with E-state index in [4.69, 9.17) is 0 Å². The standard InChI is InChI=1S/C9H14/c1-2-7-5-8-3-4-9(8)6-7/h2,8-9H,3-6H2,1H3/t8-,9-/m0/s1. The summed E-state index contributed by atoms with van der Waals surface area (Å²) in [5.41, 5.74) is 1.72. The average molecular weight is 122 g/mol. The van der Waals surface area contributed by atoms with Gasteiger partial charge in [-0.25, -0.2) is 0 Å². The zero-order valence-corrected chi connectivity index (χ0v) is 6.06. The Morgan fingerprint density at radius 3 is 2.11 bits per heavy atom. The molecule has 0 bridgehead atoms. The number of hydrogen-bond donors (Lipinski definition) is 0. The topological polar surface area (TPSA) is 0 Å². The highest BCUT2D eigenvalue weighted by Crippen LogP contribution is 2.48. The molecule has 2 atom stereocenters. The minimum absolute atomic E-state index is 1.11. The summed E-state index contributed by atoms with van der Waals surface area (Å²) in [6, 6.07) is 0. The largest absolute Gasteiger partial charge is 0.0884 e. The first kappa shape index (κ1) is 5.52. The van der Waals surface area contributed by atoms with Gasteiger partial charge < -0.3 is 0 Å². The third-order valence-corrected chi connectivity index (χ3v) is 3.03. The van der Waals surface area contributed by atoms with Crippen LogP contribution in [0.15, 0.2) is 11.6 Å². The van der Waals surface area contributed by atoms with E-state index in [1.165, 1.54) is 25.7 Å². The molecule has 0 aromatic rings. The molecule has 50 valence electrons. The second-order valence-electron chi connectivity index (χ2n) is 3.45. The summed E-state index contributed by atoms with van der Waals surface area (Å²) in [4.78, 5) is 0. The molecular weight excluding hydrogens is 108 g/mol. The van der Waals surface area contributed by atoms with Gasteiger partial charge in [0.05, 0.1) is 0 Å². The first-order valence-corrected chi connectivity index (χ1v) is 4.04. The fourth-order valence-electron chi connectivity index (χ4n) is 2.17. The Kier molecular flexibility index (Phi) is 1.14. The predicted molar refractivity (Wildman–Crippen MR) is 39.2 cm³/mol. The molecule has 0 heteroatoms. The summed E-state index contributed by atoms with van der Waals surface area (Å²) in [7, 11) is 0. The molecule has 0 radical (unpaired) electrons. The van der Waals surface area contributed by atoms with Crippen molar-refractivity contribution in [1.82, 2.24) is 0 Å². The normalized spacial score (nSPS) is 39.9. The maximum absolute atomic E-state index is 2.32. The zero-order chi connectivity index (χ0) is 6.27.